The van der Waals surface area contributed by atoms with Crippen molar-refractivity contribution in [2.45, 2.75) is 52.9 Å². The van der Waals surface area contributed by atoms with Gasteiger partial charge >= 0.3 is 0 Å². The van der Waals surface area contributed by atoms with Crippen molar-refractivity contribution < 1.29 is 4.79 Å². The molecule has 1 saturated carbocycles. The van der Waals surface area contributed by atoms with Gasteiger partial charge in [-0.1, -0.05) is 27.2 Å². The van der Waals surface area contributed by atoms with Crippen LogP contribution in [0.25, 0.3) is 0 Å². The van der Waals surface area contributed by atoms with E-state index in [-0.39, 0.29) is 5.41 Å². The molecule has 92 valence electrons. The average molecular weight is 223 g/mol. The molecular weight excluding hydrogens is 198 g/mol. The van der Waals surface area contributed by atoms with Gasteiger partial charge in [-0.15, -0.1) is 0 Å². The lowest BCUT2D eigenvalue weighted by molar-refractivity contribution is -0.147. The maximum Gasteiger partial charge on any atom is 0.228 e. The normalized spacial score (nSPS) is 25.6. The van der Waals surface area contributed by atoms with E-state index in [1.54, 1.807) is 0 Å². The van der Waals surface area contributed by atoms with Gasteiger partial charge in [-0.25, -0.2) is 0 Å². The third-order valence-electron chi connectivity index (χ3n) is 4.74. The monoisotopic (exact) mass is 223 g/mol. The average Bonchev–Trinajstić information content (AvgIpc) is 2.25. The molecule has 1 heterocycles. The Bertz CT molecular complexity index is 260. The summed E-state index contributed by atoms with van der Waals surface area (Å²) in [6.45, 7) is 8.74. The maximum absolute atomic E-state index is 12.3. The summed E-state index contributed by atoms with van der Waals surface area (Å²) in [5.41, 5.74) is 0.00463. The largest absolute Gasteiger partial charge is 0.342 e. The molecule has 1 amide bonds. The van der Waals surface area contributed by atoms with E-state index >= 15 is 0 Å². The molecule has 1 aliphatic heterocycles. The molecule has 0 aromatic carbocycles. The number of piperidine rings is 1. The summed E-state index contributed by atoms with van der Waals surface area (Å²) in [5.74, 6) is 2.04. The van der Waals surface area contributed by atoms with Crippen molar-refractivity contribution >= 4 is 5.91 Å². The molecule has 1 aliphatic carbocycles. The van der Waals surface area contributed by atoms with Crippen LogP contribution in [0.3, 0.4) is 0 Å². The minimum atomic E-state index is 0.00463. The fourth-order valence-corrected chi connectivity index (χ4v) is 3.07. The van der Waals surface area contributed by atoms with Crippen molar-refractivity contribution in [3.05, 3.63) is 0 Å². The lowest BCUT2D eigenvalue weighted by atomic mass is 9.69. The van der Waals surface area contributed by atoms with E-state index in [1.165, 1.54) is 19.3 Å². The minimum Gasteiger partial charge on any atom is -0.342 e. The van der Waals surface area contributed by atoms with Crippen LogP contribution in [0.5, 0.6) is 0 Å². The molecule has 0 aromatic rings. The Balaban J connectivity index is 1.87. The Hall–Kier alpha value is -0.530. The second-order valence-electron chi connectivity index (χ2n) is 6.29. The molecule has 16 heavy (non-hydrogen) atoms. The molecular formula is C14H25NO. The van der Waals surface area contributed by atoms with Crippen molar-refractivity contribution in [2.24, 2.45) is 17.3 Å². The number of likely N-dealkylation sites (tertiary alicyclic amines) is 1. The van der Waals surface area contributed by atoms with E-state index in [0.717, 1.165) is 37.8 Å². The van der Waals surface area contributed by atoms with Gasteiger partial charge in [0, 0.05) is 18.5 Å². The summed E-state index contributed by atoms with van der Waals surface area (Å²) < 4.78 is 0. The van der Waals surface area contributed by atoms with Crippen LogP contribution < -0.4 is 0 Å². The SMILES string of the molecule is CC(C)C1CCN(C(=O)C2(C)CCC2)CC1. The zero-order chi connectivity index (χ0) is 11.8. The summed E-state index contributed by atoms with van der Waals surface area (Å²) in [7, 11) is 0. The second kappa shape index (κ2) is 4.38. The fraction of sp³-hybridized carbons (Fsp3) is 0.929. The van der Waals surface area contributed by atoms with Gasteiger partial charge in [-0.05, 0) is 37.5 Å². The quantitative estimate of drug-likeness (QED) is 0.704. The predicted octanol–water partition coefficient (Wildman–Crippen LogP) is 3.07. The van der Waals surface area contributed by atoms with Gasteiger partial charge in [0.2, 0.25) is 5.91 Å². The standard InChI is InChI=1S/C14H25NO/c1-11(2)12-5-9-15(10-6-12)13(16)14(3)7-4-8-14/h11-12H,4-10H2,1-3H3. The molecule has 1 saturated heterocycles. The third kappa shape index (κ3) is 2.11. The predicted molar refractivity (Wildman–Crippen MR) is 66.1 cm³/mol. The van der Waals surface area contributed by atoms with E-state index in [4.69, 9.17) is 0 Å². The zero-order valence-corrected chi connectivity index (χ0v) is 11.0. The van der Waals surface area contributed by atoms with Gasteiger partial charge in [0.15, 0.2) is 0 Å². The summed E-state index contributed by atoms with van der Waals surface area (Å²) >= 11 is 0. The van der Waals surface area contributed by atoms with Crippen molar-refractivity contribution in [3.8, 4) is 0 Å². The van der Waals surface area contributed by atoms with E-state index < -0.39 is 0 Å². The Morgan fingerprint density at radius 1 is 1.25 bits per heavy atom. The number of nitrogens with zero attached hydrogens (tertiary/aromatic N) is 1. The van der Waals surface area contributed by atoms with Gasteiger partial charge in [-0.2, -0.15) is 0 Å². The number of amides is 1. The van der Waals surface area contributed by atoms with Gasteiger partial charge < -0.3 is 4.90 Å². The molecule has 0 radical (unpaired) electrons. The van der Waals surface area contributed by atoms with Crippen LogP contribution in [0.15, 0.2) is 0 Å². The topological polar surface area (TPSA) is 20.3 Å². The molecule has 2 aliphatic rings. The molecule has 0 atom stereocenters. The van der Waals surface area contributed by atoms with Crippen molar-refractivity contribution in [1.82, 2.24) is 4.90 Å². The molecule has 0 unspecified atom stereocenters. The number of hydrogen-bond acceptors (Lipinski definition) is 1. The molecule has 2 nitrogen and oxygen atoms in total. The summed E-state index contributed by atoms with van der Waals surface area (Å²) in [6.07, 6.45) is 5.87. The number of rotatable bonds is 2. The Labute approximate surface area is 99.4 Å². The van der Waals surface area contributed by atoms with Crippen LogP contribution in [0.2, 0.25) is 0 Å². The molecule has 0 aromatic heterocycles. The summed E-state index contributed by atoms with van der Waals surface area (Å²) in [6, 6.07) is 0. The van der Waals surface area contributed by atoms with E-state index in [1.807, 2.05) is 0 Å². The highest BCUT2D eigenvalue weighted by Crippen LogP contribution is 2.42. The molecule has 2 fully saturated rings. The van der Waals surface area contributed by atoms with Gasteiger partial charge in [-0.3, -0.25) is 4.79 Å². The highest BCUT2D eigenvalue weighted by Gasteiger charge is 2.42. The van der Waals surface area contributed by atoms with Crippen LogP contribution in [0.1, 0.15) is 52.9 Å². The van der Waals surface area contributed by atoms with Crippen LogP contribution in [-0.2, 0) is 4.79 Å². The van der Waals surface area contributed by atoms with E-state index in [2.05, 4.69) is 25.7 Å². The van der Waals surface area contributed by atoms with Crippen LogP contribution in [0.4, 0.5) is 0 Å². The zero-order valence-electron chi connectivity index (χ0n) is 11.0. The first-order valence-corrected chi connectivity index (χ1v) is 6.82. The van der Waals surface area contributed by atoms with E-state index in [9.17, 15) is 4.79 Å². The maximum atomic E-state index is 12.3. The van der Waals surface area contributed by atoms with E-state index in [0.29, 0.717) is 5.91 Å². The van der Waals surface area contributed by atoms with Gasteiger partial charge in [0.1, 0.15) is 0 Å². The first-order valence-electron chi connectivity index (χ1n) is 6.82. The number of carbonyl (C=O) groups excluding carboxylic acids is 1. The first-order chi connectivity index (χ1) is 7.53. The Kier molecular flexibility index (Phi) is 3.27. The lowest BCUT2D eigenvalue weighted by Gasteiger charge is -2.43. The van der Waals surface area contributed by atoms with Gasteiger partial charge in [0.05, 0.1) is 0 Å². The highest BCUT2D eigenvalue weighted by atomic mass is 16.2. The van der Waals surface area contributed by atoms with Crippen LogP contribution in [-0.4, -0.2) is 23.9 Å². The number of carbonyl (C=O) groups is 1. The molecule has 2 heteroatoms. The highest BCUT2D eigenvalue weighted by molar-refractivity contribution is 5.83. The Morgan fingerprint density at radius 2 is 1.81 bits per heavy atom. The third-order valence-corrected chi connectivity index (χ3v) is 4.74. The number of hydrogen-bond donors (Lipinski definition) is 0. The second-order valence-corrected chi connectivity index (χ2v) is 6.29. The molecule has 0 bridgehead atoms. The summed E-state index contributed by atoms with van der Waals surface area (Å²) in [5, 5.41) is 0. The van der Waals surface area contributed by atoms with Crippen LogP contribution in [0, 0.1) is 17.3 Å². The molecule has 0 spiro atoms. The van der Waals surface area contributed by atoms with Crippen molar-refractivity contribution in [2.75, 3.05) is 13.1 Å². The molecule has 0 N–H and O–H groups in total. The summed E-state index contributed by atoms with van der Waals surface area (Å²) in [4.78, 5) is 14.4. The van der Waals surface area contributed by atoms with Crippen molar-refractivity contribution in [1.29, 1.82) is 0 Å². The first kappa shape index (κ1) is 11.9. The fourth-order valence-electron chi connectivity index (χ4n) is 3.07. The molecule has 2 rings (SSSR count). The van der Waals surface area contributed by atoms with Crippen molar-refractivity contribution in [3.63, 3.8) is 0 Å². The lowest BCUT2D eigenvalue weighted by Crippen LogP contribution is -2.49. The van der Waals surface area contributed by atoms with Crippen LogP contribution >= 0.6 is 0 Å². The minimum absolute atomic E-state index is 0.00463. The van der Waals surface area contributed by atoms with Gasteiger partial charge in [0.25, 0.3) is 0 Å². The Morgan fingerprint density at radius 3 is 2.19 bits per heavy atom. The smallest absolute Gasteiger partial charge is 0.228 e.